The van der Waals surface area contributed by atoms with Gasteiger partial charge in [0.2, 0.25) is 0 Å². The van der Waals surface area contributed by atoms with E-state index in [4.69, 9.17) is 4.42 Å². The molecule has 0 saturated carbocycles. The van der Waals surface area contributed by atoms with Gasteiger partial charge in [-0.1, -0.05) is 0 Å². The molecule has 6 nitrogen and oxygen atoms in total. The number of halogens is 5. The Hall–Kier alpha value is -1.89. The minimum absolute atomic E-state index is 0.0923. The van der Waals surface area contributed by atoms with Crippen molar-refractivity contribution >= 4 is 61.5 Å². The number of carbonyl (C=O) groups excluding carboxylic acids is 2. The summed E-state index contributed by atoms with van der Waals surface area (Å²) in [5.74, 6) is -1.99. The number of ketones is 2. The normalized spacial score (nSPS) is 12.0. The maximum atomic E-state index is 12.4. The van der Waals surface area contributed by atoms with Crippen LogP contribution in [0.2, 0.25) is 0 Å². The molecule has 0 unspecified atom stereocenters. The van der Waals surface area contributed by atoms with Gasteiger partial charge in [-0.3, -0.25) is 15.0 Å². The largest absolute Gasteiger partial charge is 0.573 e. The molecule has 0 fully saturated rings. The Labute approximate surface area is 167 Å². The highest BCUT2D eigenvalue weighted by molar-refractivity contribution is 14.1. The SMILES string of the molecule is CC(=O)C(=NNc1ccc(I)c(OC(F)(F)F)c1)C(=O)c1occc1Br. The minimum atomic E-state index is -4.85. The first-order valence-electron chi connectivity index (χ1n) is 6.76. The van der Waals surface area contributed by atoms with E-state index < -0.39 is 29.4 Å². The maximum Gasteiger partial charge on any atom is 0.573 e. The van der Waals surface area contributed by atoms with Crippen LogP contribution in [0.1, 0.15) is 17.5 Å². The number of ether oxygens (including phenoxy) is 1. The Balaban J connectivity index is 2.28. The van der Waals surface area contributed by atoms with Crippen LogP contribution in [0.4, 0.5) is 18.9 Å². The van der Waals surface area contributed by atoms with Crippen LogP contribution in [-0.2, 0) is 4.79 Å². The number of alkyl halides is 3. The third kappa shape index (κ3) is 5.30. The molecule has 0 atom stereocenters. The summed E-state index contributed by atoms with van der Waals surface area (Å²) in [6.07, 6.45) is -3.60. The number of furan rings is 1. The molecule has 1 aromatic heterocycles. The van der Waals surface area contributed by atoms with Crippen molar-refractivity contribution in [2.24, 2.45) is 5.10 Å². The maximum absolute atomic E-state index is 12.4. The molecule has 1 N–H and O–H groups in total. The molecule has 138 valence electrons. The second-order valence-corrected chi connectivity index (χ2v) is 6.76. The van der Waals surface area contributed by atoms with Crippen LogP contribution in [0.15, 0.2) is 44.5 Å². The van der Waals surface area contributed by atoms with Crippen molar-refractivity contribution < 1.29 is 31.9 Å². The third-order valence-electron chi connectivity index (χ3n) is 2.83. The van der Waals surface area contributed by atoms with E-state index in [-0.39, 0.29) is 15.0 Å². The number of anilines is 1. The van der Waals surface area contributed by atoms with Crippen LogP contribution in [0.3, 0.4) is 0 Å². The van der Waals surface area contributed by atoms with Gasteiger partial charge in [-0.05, 0) is 56.7 Å². The number of Topliss-reactive ketones (excluding diaryl/α,β-unsaturated/α-hetero) is 2. The first kappa shape index (κ1) is 20.4. The monoisotopic (exact) mass is 544 g/mol. The van der Waals surface area contributed by atoms with Crippen molar-refractivity contribution in [1.82, 2.24) is 0 Å². The summed E-state index contributed by atoms with van der Waals surface area (Å²) in [7, 11) is 0. The number of nitrogens with zero attached hydrogens (tertiary/aromatic N) is 1. The average Bonchev–Trinajstić information content (AvgIpc) is 2.94. The first-order valence-corrected chi connectivity index (χ1v) is 8.63. The zero-order chi connectivity index (χ0) is 19.5. The zero-order valence-electron chi connectivity index (χ0n) is 12.9. The van der Waals surface area contributed by atoms with E-state index in [1.165, 1.54) is 24.5 Å². The Bertz CT molecular complexity index is 880. The summed E-state index contributed by atoms with van der Waals surface area (Å²) in [6, 6.07) is 5.29. The number of hydrogen-bond donors (Lipinski definition) is 1. The lowest BCUT2D eigenvalue weighted by molar-refractivity contribution is -0.274. The van der Waals surface area contributed by atoms with Crippen molar-refractivity contribution in [3.63, 3.8) is 0 Å². The van der Waals surface area contributed by atoms with Crippen LogP contribution in [0.25, 0.3) is 0 Å². The topological polar surface area (TPSA) is 80.9 Å². The highest BCUT2D eigenvalue weighted by Gasteiger charge is 2.32. The minimum Gasteiger partial charge on any atom is -0.460 e. The fraction of sp³-hybridized carbons (Fsp3) is 0.133. The molecule has 0 aliphatic rings. The lowest BCUT2D eigenvalue weighted by Gasteiger charge is -2.12. The van der Waals surface area contributed by atoms with Gasteiger partial charge in [0, 0.05) is 13.0 Å². The summed E-state index contributed by atoms with van der Waals surface area (Å²) in [6.45, 7) is 1.13. The van der Waals surface area contributed by atoms with Gasteiger partial charge in [0.15, 0.2) is 17.3 Å². The highest BCUT2D eigenvalue weighted by atomic mass is 127. The van der Waals surface area contributed by atoms with Crippen LogP contribution in [-0.4, -0.2) is 23.6 Å². The highest BCUT2D eigenvalue weighted by Crippen LogP contribution is 2.30. The molecule has 0 amide bonds. The van der Waals surface area contributed by atoms with Crippen molar-refractivity contribution in [3.05, 3.63) is 44.3 Å². The molecule has 1 aromatic carbocycles. The van der Waals surface area contributed by atoms with Gasteiger partial charge < -0.3 is 9.15 Å². The third-order valence-corrected chi connectivity index (χ3v) is 4.34. The molecule has 26 heavy (non-hydrogen) atoms. The van der Waals surface area contributed by atoms with Crippen molar-refractivity contribution in [3.8, 4) is 5.75 Å². The van der Waals surface area contributed by atoms with E-state index in [9.17, 15) is 22.8 Å². The summed E-state index contributed by atoms with van der Waals surface area (Å²) in [4.78, 5) is 24.0. The second-order valence-electron chi connectivity index (χ2n) is 4.75. The number of benzene rings is 1. The lowest BCUT2D eigenvalue weighted by Crippen LogP contribution is -2.23. The molecule has 2 rings (SSSR count). The van der Waals surface area contributed by atoms with E-state index in [0.29, 0.717) is 4.47 Å². The Morgan fingerprint density at radius 2 is 2.00 bits per heavy atom. The van der Waals surface area contributed by atoms with Crippen molar-refractivity contribution in [2.75, 3.05) is 5.43 Å². The van der Waals surface area contributed by atoms with E-state index in [1.807, 2.05) is 0 Å². The van der Waals surface area contributed by atoms with Crippen LogP contribution in [0, 0.1) is 3.57 Å². The molecule has 0 bridgehead atoms. The predicted octanol–water partition coefficient (Wildman–Crippen LogP) is 4.79. The van der Waals surface area contributed by atoms with Gasteiger partial charge in [-0.25, -0.2) is 0 Å². The molecule has 0 aliphatic carbocycles. The van der Waals surface area contributed by atoms with Gasteiger partial charge >= 0.3 is 6.36 Å². The molecule has 0 saturated heterocycles. The molecular weight excluding hydrogens is 536 g/mol. The van der Waals surface area contributed by atoms with E-state index in [1.54, 1.807) is 22.6 Å². The number of rotatable bonds is 6. The molecule has 2 aromatic rings. The molecular formula is C15H9BrF3IN2O4. The van der Waals surface area contributed by atoms with Gasteiger partial charge in [0.05, 0.1) is 20.0 Å². The van der Waals surface area contributed by atoms with Crippen LogP contribution < -0.4 is 10.2 Å². The average molecular weight is 545 g/mol. The van der Waals surface area contributed by atoms with Crippen molar-refractivity contribution in [1.29, 1.82) is 0 Å². The number of hydrogen-bond acceptors (Lipinski definition) is 6. The van der Waals surface area contributed by atoms with Crippen molar-refractivity contribution in [2.45, 2.75) is 13.3 Å². The molecule has 0 aliphatic heterocycles. The number of carbonyl (C=O) groups is 2. The Morgan fingerprint density at radius 1 is 1.31 bits per heavy atom. The Morgan fingerprint density at radius 3 is 2.54 bits per heavy atom. The van der Waals surface area contributed by atoms with Gasteiger partial charge in [0.25, 0.3) is 5.78 Å². The summed E-state index contributed by atoms with van der Waals surface area (Å²) in [5, 5.41) is 3.71. The fourth-order valence-electron chi connectivity index (χ4n) is 1.75. The summed E-state index contributed by atoms with van der Waals surface area (Å²) >= 11 is 4.78. The van der Waals surface area contributed by atoms with Gasteiger partial charge in [-0.15, -0.1) is 13.2 Å². The lowest BCUT2D eigenvalue weighted by atomic mass is 10.1. The standard InChI is InChI=1S/C15H9BrF3IN2O4/c1-7(23)12(13(24)14-9(16)4-5-25-14)22-21-8-2-3-10(20)11(6-8)26-15(17,18)19/h2-6,21H,1H3. The van der Waals surface area contributed by atoms with Gasteiger partial charge in [-0.2, -0.15) is 5.10 Å². The Kier molecular flexibility index (Phi) is 6.44. The van der Waals surface area contributed by atoms with E-state index in [2.05, 4.69) is 31.2 Å². The molecule has 1 heterocycles. The molecule has 0 radical (unpaired) electrons. The number of hydrazone groups is 1. The van der Waals surface area contributed by atoms with Gasteiger partial charge in [0.1, 0.15) is 5.75 Å². The predicted molar refractivity (Wildman–Crippen MR) is 98.3 cm³/mol. The van der Waals surface area contributed by atoms with E-state index >= 15 is 0 Å². The molecule has 11 heteroatoms. The van der Waals surface area contributed by atoms with Crippen LogP contribution >= 0.6 is 38.5 Å². The van der Waals surface area contributed by atoms with E-state index in [0.717, 1.165) is 13.0 Å². The quantitative estimate of drug-likeness (QED) is 0.186. The molecule has 0 spiro atoms. The number of nitrogens with one attached hydrogen (secondary N) is 1. The smallest absolute Gasteiger partial charge is 0.460 e. The second kappa shape index (κ2) is 8.20. The van der Waals surface area contributed by atoms with Crippen LogP contribution in [0.5, 0.6) is 5.75 Å². The summed E-state index contributed by atoms with van der Waals surface area (Å²) in [5.41, 5.74) is 2.00. The zero-order valence-corrected chi connectivity index (χ0v) is 16.6. The first-order chi connectivity index (χ1) is 12.1. The fourth-order valence-corrected chi connectivity index (χ4v) is 2.58. The summed E-state index contributed by atoms with van der Waals surface area (Å²) < 4.78 is 46.6.